The Kier molecular flexibility index (Phi) is 9.53. The fraction of sp³-hybridized carbons (Fsp3) is 0.360. The van der Waals surface area contributed by atoms with Crippen molar-refractivity contribution in [2.45, 2.75) is 59.4 Å². The SMILES string of the molecule is C=C(C)CC[C@](CC)(NC(=C)C)c1cccc(-c2cccc(P)c2)c1.CC. The van der Waals surface area contributed by atoms with Gasteiger partial charge >= 0.3 is 0 Å². The molecular formula is C25H36NP. The molecule has 0 aliphatic rings. The number of allylic oxidation sites excluding steroid dienone is 2. The van der Waals surface area contributed by atoms with E-state index in [4.69, 9.17) is 0 Å². The van der Waals surface area contributed by atoms with Gasteiger partial charge in [0.1, 0.15) is 0 Å². The lowest BCUT2D eigenvalue weighted by atomic mass is 9.81. The van der Waals surface area contributed by atoms with Gasteiger partial charge in [0, 0.05) is 5.70 Å². The van der Waals surface area contributed by atoms with Crippen molar-refractivity contribution in [1.82, 2.24) is 5.32 Å². The van der Waals surface area contributed by atoms with E-state index in [9.17, 15) is 0 Å². The first-order chi connectivity index (χ1) is 12.9. The van der Waals surface area contributed by atoms with Gasteiger partial charge in [0.05, 0.1) is 5.54 Å². The van der Waals surface area contributed by atoms with Crippen LogP contribution >= 0.6 is 9.24 Å². The Bertz CT molecular complexity index is 762. The lowest BCUT2D eigenvalue weighted by Crippen LogP contribution is -2.40. The number of nitrogens with one attached hydrogen (secondary N) is 1. The van der Waals surface area contributed by atoms with Gasteiger partial charge in [-0.1, -0.05) is 69.3 Å². The summed E-state index contributed by atoms with van der Waals surface area (Å²) in [5.74, 6) is 0. The molecule has 0 fully saturated rings. The maximum atomic E-state index is 4.10. The van der Waals surface area contributed by atoms with Crippen LogP contribution in [0.3, 0.4) is 0 Å². The Balaban J connectivity index is 0.00000176. The molecule has 0 aliphatic carbocycles. The van der Waals surface area contributed by atoms with Gasteiger partial charge in [-0.25, -0.2) is 0 Å². The summed E-state index contributed by atoms with van der Waals surface area (Å²) in [6.45, 7) is 18.6. The summed E-state index contributed by atoms with van der Waals surface area (Å²) in [7, 11) is 2.77. The molecule has 27 heavy (non-hydrogen) atoms. The molecule has 0 saturated heterocycles. The molecule has 0 saturated carbocycles. The van der Waals surface area contributed by atoms with Gasteiger partial charge in [-0.15, -0.1) is 15.8 Å². The molecule has 0 amide bonds. The lowest BCUT2D eigenvalue weighted by molar-refractivity contribution is 0.325. The normalized spacial score (nSPS) is 12.4. The van der Waals surface area contributed by atoms with E-state index in [0.29, 0.717) is 0 Å². The number of hydrogen-bond acceptors (Lipinski definition) is 1. The predicted molar refractivity (Wildman–Crippen MR) is 127 cm³/mol. The molecular weight excluding hydrogens is 345 g/mol. The average molecular weight is 382 g/mol. The van der Waals surface area contributed by atoms with Crippen molar-refractivity contribution in [1.29, 1.82) is 0 Å². The largest absolute Gasteiger partial charge is 0.380 e. The highest BCUT2D eigenvalue weighted by atomic mass is 31.0. The minimum Gasteiger partial charge on any atom is -0.380 e. The van der Waals surface area contributed by atoms with E-state index in [0.717, 1.165) is 25.0 Å². The van der Waals surface area contributed by atoms with Crippen molar-refractivity contribution in [3.8, 4) is 11.1 Å². The smallest absolute Gasteiger partial charge is 0.0622 e. The number of benzene rings is 2. The zero-order chi connectivity index (χ0) is 20.4. The van der Waals surface area contributed by atoms with Gasteiger partial charge in [0.15, 0.2) is 0 Å². The van der Waals surface area contributed by atoms with Gasteiger partial charge in [-0.05, 0) is 67.2 Å². The van der Waals surface area contributed by atoms with Crippen LogP contribution in [0.4, 0.5) is 0 Å². The molecule has 1 unspecified atom stereocenters. The fourth-order valence-electron chi connectivity index (χ4n) is 3.30. The van der Waals surface area contributed by atoms with E-state index in [1.54, 1.807) is 0 Å². The van der Waals surface area contributed by atoms with Crippen LogP contribution in [-0.4, -0.2) is 0 Å². The third kappa shape index (κ3) is 6.67. The van der Waals surface area contributed by atoms with E-state index in [-0.39, 0.29) is 5.54 Å². The van der Waals surface area contributed by atoms with Gasteiger partial charge in [0.2, 0.25) is 0 Å². The first-order valence-corrected chi connectivity index (χ1v) is 10.5. The van der Waals surface area contributed by atoms with Crippen LogP contribution in [0.1, 0.15) is 59.4 Å². The Morgan fingerprint density at radius 3 is 2.11 bits per heavy atom. The van der Waals surface area contributed by atoms with Crippen molar-refractivity contribution < 1.29 is 0 Å². The zero-order valence-electron chi connectivity index (χ0n) is 17.7. The monoisotopic (exact) mass is 381 g/mol. The third-order valence-corrected chi connectivity index (χ3v) is 5.03. The highest BCUT2D eigenvalue weighted by Gasteiger charge is 2.29. The summed E-state index contributed by atoms with van der Waals surface area (Å²) in [5.41, 5.74) is 5.91. The molecule has 1 nitrogen and oxygen atoms in total. The molecule has 2 rings (SSSR count). The van der Waals surface area contributed by atoms with E-state index in [1.165, 1.54) is 27.6 Å². The van der Waals surface area contributed by atoms with Crippen LogP contribution in [0.5, 0.6) is 0 Å². The summed E-state index contributed by atoms with van der Waals surface area (Å²) in [6.07, 6.45) is 3.01. The Morgan fingerprint density at radius 2 is 1.59 bits per heavy atom. The molecule has 2 atom stereocenters. The second-order valence-electron chi connectivity index (χ2n) is 7.00. The molecule has 0 bridgehead atoms. The molecule has 1 N–H and O–H groups in total. The summed E-state index contributed by atoms with van der Waals surface area (Å²) < 4.78 is 0. The minimum absolute atomic E-state index is 0.112. The molecule has 2 heteroatoms. The van der Waals surface area contributed by atoms with Crippen LogP contribution in [0, 0.1) is 0 Å². The van der Waals surface area contributed by atoms with Crippen LogP contribution in [-0.2, 0) is 5.54 Å². The molecule has 0 spiro atoms. The van der Waals surface area contributed by atoms with Gasteiger partial charge < -0.3 is 5.32 Å². The van der Waals surface area contributed by atoms with Crippen molar-refractivity contribution in [2.75, 3.05) is 0 Å². The molecule has 2 aromatic rings. The summed E-state index contributed by atoms with van der Waals surface area (Å²) in [4.78, 5) is 0. The van der Waals surface area contributed by atoms with Crippen LogP contribution in [0.25, 0.3) is 11.1 Å². The summed E-state index contributed by atoms with van der Waals surface area (Å²) in [6, 6.07) is 17.5. The van der Waals surface area contributed by atoms with Gasteiger partial charge in [-0.3, -0.25) is 0 Å². The van der Waals surface area contributed by atoms with Crippen LogP contribution < -0.4 is 10.6 Å². The third-order valence-electron chi connectivity index (χ3n) is 4.67. The summed E-state index contributed by atoms with van der Waals surface area (Å²) in [5, 5.41) is 4.87. The van der Waals surface area contributed by atoms with Crippen molar-refractivity contribution in [2.24, 2.45) is 0 Å². The van der Waals surface area contributed by atoms with E-state index < -0.39 is 0 Å². The Labute approximate surface area is 169 Å². The first kappa shape index (κ1) is 23.2. The molecule has 2 aromatic carbocycles. The molecule has 0 aliphatic heterocycles. The fourth-order valence-corrected chi connectivity index (χ4v) is 3.59. The average Bonchev–Trinajstić information content (AvgIpc) is 2.66. The van der Waals surface area contributed by atoms with Crippen molar-refractivity contribution in [3.05, 3.63) is 78.5 Å². The first-order valence-electron chi connectivity index (χ1n) is 9.91. The van der Waals surface area contributed by atoms with Gasteiger partial charge in [-0.2, -0.15) is 0 Å². The maximum absolute atomic E-state index is 4.10. The minimum atomic E-state index is -0.112. The second-order valence-corrected chi connectivity index (χ2v) is 7.67. The van der Waals surface area contributed by atoms with Gasteiger partial charge in [0.25, 0.3) is 0 Å². The van der Waals surface area contributed by atoms with Crippen LogP contribution in [0.15, 0.2) is 73.0 Å². The van der Waals surface area contributed by atoms with Crippen molar-refractivity contribution >= 4 is 14.5 Å². The summed E-state index contributed by atoms with van der Waals surface area (Å²) >= 11 is 0. The van der Waals surface area contributed by atoms with Crippen LogP contribution in [0.2, 0.25) is 0 Å². The quantitative estimate of drug-likeness (QED) is 0.385. The molecule has 0 aromatic heterocycles. The molecule has 146 valence electrons. The highest BCUT2D eigenvalue weighted by Crippen LogP contribution is 2.34. The second kappa shape index (κ2) is 11.1. The highest BCUT2D eigenvalue weighted by molar-refractivity contribution is 7.27. The topological polar surface area (TPSA) is 12.0 Å². The Hall–Kier alpha value is -1.85. The number of hydrogen-bond donors (Lipinski definition) is 1. The van der Waals surface area contributed by atoms with Crippen molar-refractivity contribution in [3.63, 3.8) is 0 Å². The number of rotatable bonds is 8. The van der Waals surface area contributed by atoms with E-state index in [2.05, 4.69) is 90.1 Å². The lowest BCUT2D eigenvalue weighted by Gasteiger charge is -2.36. The molecule has 0 heterocycles. The maximum Gasteiger partial charge on any atom is 0.0622 e. The van der Waals surface area contributed by atoms with E-state index >= 15 is 0 Å². The zero-order valence-corrected chi connectivity index (χ0v) is 18.9. The van der Waals surface area contributed by atoms with E-state index in [1.807, 2.05) is 20.8 Å². The predicted octanol–water partition coefficient (Wildman–Crippen LogP) is 6.97. The Morgan fingerprint density at radius 1 is 1.00 bits per heavy atom. The molecule has 0 radical (unpaired) electrons. The standard InChI is InChI=1S/C23H30NP.C2H6/c1-6-23(24-18(4)5,14-13-17(2)3)21-11-7-9-19(15-21)20-10-8-12-22(25)16-20;1-2/h7-12,15-16,24H,2,4,6,13-14,25H2,1,3,5H3;1-2H3/t23-;/m0./s1.